The number of pyridine rings is 1. The zero-order valence-corrected chi connectivity index (χ0v) is 24.8. The number of anilines is 1. The Morgan fingerprint density at radius 3 is 2.47 bits per heavy atom. The Morgan fingerprint density at radius 2 is 1.73 bits per heavy atom. The molecule has 1 aromatic heterocycles. The molecular formula is C30H29F4N3O7S. The number of methoxy groups -OCH3 is 1. The fourth-order valence-electron chi connectivity index (χ4n) is 4.64. The lowest BCUT2D eigenvalue weighted by Crippen LogP contribution is -2.37. The molecule has 1 aliphatic heterocycles. The Labute approximate surface area is 256 Å². The van der Waals surface area contributed by atoms with E-state index in [1.807, 2.05) is 0 Å². The molecule has 45 heavy (non-hydrogen) atoms. The molecule has 5 rings (SSSR count). The summed E-state index contributed by atoms with van der Waals surface area (Å²) >= 11 is 0. The fourth-order valence-corrected chi connectivity index (χ4v) is 5.82. The van der Waals surface area contributed by atoms with Crippen LogP contribution in [0, 0.1) is 5.82 Å². The summed E-state index contributed by atoms with van der Waals surface area (Å²) in [7, 11) is -3.09. The molecule has 1 aliphatic rings. The highest BCUT2D eigenvalue weighted by molar-refractivity contribution is 7.92. The number of hydrogen-bond donors (Lipinski definition) is 1. The first-order valence-corrected chi connectivity index (χ1v) is 15.3. The molecular weight excluding hydrogens is 622 g/mol. The van der Waals surface area contributed by atoms with Crippen molar-refractivity contribution in [3.63, 3.8) is 0 Å². The van der Waals surface area contributed by atoms with Crippen molar-refractivity contribution < 1.29 is 49.7 Å². The molecule has 240 valence electrons. The van der Waals surface area contributed by atoms with Crippen LogP contribution in [-0.2, 0) is 14.8 Å². The molecule has 0 bridgehead atoms. The Kier molecular flexibility index (Phi) is 9.80. The minimum absolute atomic E-state index is 0.239. The number of hydrogen-bond acceptors (Lipinski definition) is 9. The third-order valence-corrected chi connectivity index (χ3v) is 8.16. The second-order valence-electron chi connectivity index (χ2n) is 9.83. The van der Waals surface area contributed by atoms with Crippen LogP contribution in [0.25, 0.3) is 10.9 Å². The van der Waals surface area contributed by atoms with Gasteiger partial charge >= 0.3 is 6.36 Å². The number of benzene rings is 3. The number of morpholine rings is 1. The number of nitrogens with one attached hydrogen (secondary N) is 1. The van der Waals surface area contributed by atoms with Crippen molar-refractivity contribution in [2.45, 2.75) is 17.7 Å². The summed E-state index contributed by atoms with van der Waals surface area (Å²) in [5.74, 6) is -0.962. The number of rotatable bonds is 12. The van der Waals surface area contributed by atoms with E-state index in [2.05, 4.69) is 19.3 Å². The standard InChI is InChI=1S/C30H29F4N3O7S/c1-40-27-18-21-23(19-28(27)42-14-4-11-37-12-15-41-16-13-37)35-10-9-24(21)43-25-8-7-20(17-22(25)31)36-45(38,39)29-6-3-2-5-26(29)44-30(32,33)34/h2-3,5-10,17-19,36H,4,11-16H2,1H3. The molecule has 0 saturated carbocycles. The number of nitrogens with zero attached hydrogens (tertiary/aromatic N) is 2. The number of fused-ring (bicyclic) bond motifs is 1. The highest BCUT2D eigenvalue weighted by Crippen LogP contribution is 2.38. The van der Waals surface area contributed by atoms with Crippen molar-refractivity contribution in [2.75, 3.05) is 51.3 Å². The van der Waals surface area contributed by atoms with Crippen LogP contribution in [0.3, 0.4) is 0 Å². The molecule has 1 N–H and O–H groups in total. The number of para-hydroxylation sites is 1. The van der Waals surface area contributed by atoms with Crippen LogP contribution >= 0.6 is 0 Å². The van der Waals surface area contributed by atoms with Gasteiger partial charge in [-0.3, -0.25) is 14.6 Å². The summed E-state index contributed by atoms with van der Waals surface area (Å²) in [6.45, 7) is 4.56. The average molecular weight is 652 g/mol. The zero-order chi connectivity index (χ0) is 32.0. The topological polar surface area (TPSA) is 108 Å². The van der Waals surface area contributed by atoms with Crippen LogP contribution < -0.4 is 23.7 Å². The first kappa shape index (κ1) is 32.1. The van der Waals surface area contributed by atoms with Gasteiger partial charge in [0.25, 0.3) is 10.0 Å². The predicted molar refractivity (Wildman–Crippen MR) is 156 cm³/mol. The van der Waals surface area contributed by atoms with Crippen LogP contribution in [0.5, 0.6) is 28.7 Å². The third kappa shape index (κ3) is 8.23. The molecule has 2 heterocycles. The van der Waals surface area contributed by atoms with E-state index >= 15 is 4.39 Å². The largest absolute Gasteiger partial charge is 0.573 e. The van der Waals surface area contributed by atoms with Gasteiger partial charge in [-0.15, -0.1) is 13.2 Å². The SMILES string of the molecule is COc1cc2c(Oc3ccc(NS(=O)(=O)c4ccccc4OC(F)(F)F)cc3F)ccnc2cc1OCCCN1CCOCC1. The fraction of sp³-hybridized carbons (Fsp3) is 0.300. The average Bonchev–Trinajstić information content (AvgIpc) is 3.00. The monoisotopic (exact) mass is 651 g/mol. The molecule has 3 aromatic carbocycles. The predicted octanol–water partition coefficient (Wildman–Crippen LogP) is 5.98. The lowest BCUT2D eigenvalue weighted by molar-refractivity contribution is -0.275. The van der Waals surface area contributed by atoms with Gasteiger partial charge in [0.15, 0.2) is 23.1 Å². The van der Waals surface area contributed by atoms with Gasteiger partial charge in [0, 0.05) is 43.4 Å². The van der Waals surface area contributed by atoms with E-state index in [4.69, 9.17) is 18.9 Å². The number of sulfonamides is 1. The maximum atomic E-state index is 15.1. The summed E-state index contributed by atoms with van der Waals surface area (Å²) in [5, 5.41) is 0.500. The number of halogens is 4. The smallest absolute Gasteiger partial charge is 0.493 e. The van der Waals surface area contributed by atoms with Crippen molar-refractivity contribution in [2.24, 2.45) is 0 Å². The normalized spacial score (nSPS) is 14.2. The molecule has 1 saturated heterocycles. The molecule has 4 aromatic rings. The third-order valence-electron chi connectivity index (χ3n) is 6.74. The van der Waals surface area contributed by atoms with Crippen LogP contribution in [0.2, 0.25) is 0 Å². The van der Waals surface area contributed by atoms with Gasteiger partial charge in [0.2, 0.25) is 0 Å². The maximum absolute atomic E-state index is 15.1. The number of aromatic nitrogens is 1. The van der Waals surface area contributed by atoms with Gasteiger partial charge in [-0.2, -0.15) is 0 Å². The lowest BCUT2D eigenvalue weighted by Gasteiger charge is -2.26. The minimum Gasteiger partial charge on any atom is -0.493 e. The molecule has 10 nitrogen and oxygen atoms in total. The van der Waals surface area contributed by atoms with Gasteiger partial charge in [-0.25, -0.2) is 12.8 Å². The molecule has 0 atom stereocenters. The van der Waals surface area contributed by atoms with Crippen molar-refractivity contribution >= 4 is 26.6 Å². The molecule has 0 unspecified atom stereocenters. The Bertz CT molecular complexity index is 1750. The Hall–Kier alpha value is -4.34. The van der Waals surface area contributed by atoms with Crippen LogP contribution in [-0.4, -0.2) is 71.2 Å². The van der Waals surface area contributed by atoms with Gasteiger partial charge in [-0.1, -0.05) is 12.1 Å². The second-order valence-corrected chi connectivity index (χ2v) is 11.5. The van der Waals surface area contributed by atoms with Gasteiger partial charge < -0.3 is 23.7 Å². The molecule has 1 fully saturated rings. The van der Waals surface area contributed by atoms with E-state index in [0.29, 0.717) is 29.0 Å². The minimum atomic E-state index is -5.12. The molecule has 0 amide bonds. The van der Waals surface area contributed by atoms with E-state index in [1.54, 1.807) is 12.1 Å². The summed E-state index contributed by atoms with van der Waals surface area (Å²) in [5.41, 5.74) is 0.249. The highest BCUT2D eigenvalue weighted by atomic mass is 32.2. The van der Waals surface area contributed by atoms with E-state index in [1.165, 1.54) is 43.6 Å². The summed E-state index contributed by atoms with van der Waals surface area (Å²) in [4.78, 5) is 5.90. The van der Waals surface area contributed by atoms with Crippen molar-refractivity contribution in [1.29, 1.82) is 0 Å². The summed E-state index contributed by atoms with van der Waals surface area (Å²) in [6, 6.07) is 12.3. The lowest BCUT2D eigenvalue weighted by atomic mass is 10.1. The summed E-state index contributed by atoms with van der Waals surface area (Å²) in [6.07, 6.45) is -2.83. The first-order chi connectivity index (χ1) is 21.5. The first-order valence-electron chi connectivity index (χ1n) is 13.8. The highest BCUT2D eigenvalue weighted by Gasteiger charge is 2.34. The molecule has 0 spiro atoms. The Morgan fingerprint density at radius 1 is 0.956 bits per heavy atom. The van der Waals surface area contributed by atoms with Gasteiger partial charge in [-0.05, 0) is 42.8 Å². The van der Waals surface area contributed by atoms with E-state index in [0.717, 1.165) is 57.5 Å². The second kappa shape index (κ2) is 13.7. The van der Waals surface area contributed by atoms with Gasteiger partial charge in [0.05, 0.1) is 38.1 Å². The van der Waals surface area contributed by atoms with Crippen molar-refractivity contribution in [1.82, 2.24) is 9.88 Å². The van der Waals surface area contributed by atoms with Crippen LogP contribution in [0.1, 0.15) is 6.42 Å². The zero-order valence-electron chi connectivity index (χ0n) is 24.0. The Balaban J connectivity index is 1.30. The molecule has 0 aliphatic carbocycles. The number of ether oxygens (including phenoxy) is 5. The number of alkyl halides is 3. The molecule has 0 radical (unpaired) electrons. The van der Waals surface area contributed by atoms with Crippen molar-refractivity contribution in [3.8, 4) is 28.7 Å². The van der Waals surface area contributed by atoms with Crippen LogP contribution in [0.4, 0.5) is 23.2 Å². The quantitative estimate of drug-likeness (QED) is 0.146. The van der Waals surface area contributed by atoms with E-state index in [-0.39, 0.29) is 17.2 Å². The van der Waals surface area contributed by atoms with Gasteiger partial charge in [0.1, 0.15) is 16.4 Å². The maximum Gasteiger partial charge on any atom is 0.573 e. The summed E-state index contributed by atoms with van der Waals surface area (Å²) < 4.78 is 108. The van der Waals surface area contributed by atoms with Crippen LogP contribution in [0.15, 0.2) is 71.8 Å². The molecule has 15 heteroatoms. The van der Waals surface area contributed by atoms with E-state index < -0.39 is 32.8 Å². The van der Waals surface area contributed by atoms with E-state index in [9.17, 15) is 21.6 Å². The van der Waals surface area contributed by atoms with Crippen molar-refractivity contribution in [3.05, 3.63) is 72.7 Å².